The van der Waals surface area contributed by atoms with E-state index in [0.29, 0.717) is 23.5 Å². The zero-order valence-electron chi connectivity index (χ0n) is 31.7. The third-order valence-corrected chi connectivity index (χ3v) is 11.1. The molecule has 1 unspecified atom stereocenters. The minimum Gasteiger partial charge on any atom is -0.496 e. The van der Waals surface area contributed by atoms with Crippen molar-refractivity contribution in [2.75, 3.05) is 32.1 Å². The highest BCUT2D eigenvalue weighted by Crippen LogP contribution is 2.36. The van der Waals surface area contributed by atoms with Crippen LogP contribution in [0.25, 0.3) is 11.3 Å². The molecular formula is C42H43N7O8. The van der Waals surface area contributed by atoms with Crippen LogP contribution in [-0.2, 0) is 33.8 Å². The number of rotatable bonds is 13. The average molecular weight is 774 g/mol. The van der Waals surface area contributed by atoms with E-state index >= 15 is 0 Å². The maximum Gasteiger partial charge on any atom is 0.264 e. The van der Waals surface area contributed by atoms with Crippen LogP contribution in [0.5, 0.6) is 11.5 Å². The summed E-state index contributed by atoms with van der Waals surface area (Å²) >= 11 is 0. The van der Waals surface area contributed by atoms with E-state index in [1.165, 1.54) is 11.6 Å². The van der Waals surface area contributed by atoms with Gasteiger partial charge in [0, 0.05) is 54.5 Å². The van der Waals surface area contributed by atoms with Crippen molar-refractivity contribution < 1.29 is 38.2 Å². The Morgan fingerprint density at radius 2 is 1.82 bits per heavy atom. The highest BCUT2D eigenvalue weighted by molar-refractivity contribution is 6.25. The third kappa shape index (κ3) is 7.32. The summed E-state index contributed by atoms with van der Waals surface area (Å²) in [6, 6.07) is 13.3. The Balaban J connectivity index is 0.835. The molecule has 4 aromatic rings. The van der Waals surface area contributed by atoms with E-state index in [0.717, 1.165) is 65.3 Å². The Hall–Kier alpha value is -6.51. The first-order valence-corrected chi connectivity index (χ1v) is 19.3. The smallest absolute Gasteiger partial charge is 0.264 e. The summed E-state index contributed by atoms with van der Waals surface area (Å²) in [5, 5.41) is 11.2. The lowest BCUT2D eigenvalue weighted by Gasteiger charge is -2.27. The molecule has 0 bridgehead atoms. The van der Waals surface area contributed by atoms with E-state index in [-0.39, 0.29) is 67.2 Å². The maximum atomic E-state index is 13.7. The minimum atomic E-state index is -1.09. The van der Waals surface area contributed by atoms with E-state index in [1.54, 1.807) is 31.4 Å². The van der Waals surface area contributed by atoms with Gasteiger partial charge >= 0.3 is 0 Å². The van der Waals surface area contributed by atoms with Crippen LogP contribution in [0, 0.1) is 6.92 Å². The summed E-state index contributed by atoms with van der Waals surface area (Å²) in [7, 11) is 1.55. The number of carbonyl (C=O) groups excluding carboxylic acids is 6. The number of hydrogen-bond donors (Lipinski definition) is 4. The average Bonchev–Trinajstić information content (AvgIpc) is 3.98. The number of methoxy groups -OCH3 is 1. The largest absolute Gasteiger partial charge is 0.496 e. The lowest BCUT2D eigenvalue weighted by atomic mass is 10.0. The van der Waals surface area contributed by atoms with Crippen LogP contribution in [0.3, 0.4) is 0 Å². The highest BCUT2D eigenvalue weighted by Gasteiger charge is 2.45. The minimum absolute atomic E-state index is 0.0179. The van der Waals surface area contributed by atoms with E-state index in [1.807, 2.05) is 6.92 Å². The molecule has 1 aromatic heterocycles. The van der Waals surface area contributed by atoms with Gasteiger partial charge in [-0.25, -0.2) is 4.98 Å². The van der Waals surface area contributed by atoms with Crippen LogP contribution in [0.15, 0.2) is 54.7 Å². The summed E-state index contributed by atoms with van der Waals surface area (Å²) in [6.07, 6.45) is 6.43. The Labute approximate surface area is 328 Å². The number of benzene rings is 3. The summed E-state index contributed by atoms with van der Waals surface area (Å²) < 4.78 is 13.9. The van der Waals surface area contributed by atoms with Crippen molar-refractivity contribution in [1.29, 1.82) is 0 Å². The number of amides is 6. The number of aryl methyl sites for hydroxylation is 3. The number of nitrogens with one attached hydrogen (secondary N) is 4. The Kier molecular flexibility index (Phi) is 10.2. The quantitative estimate of drug-likeness (QED) is 0.115. The first-order chi connectivity index (χ1) is 27.6. The molecule has 0 radical (unpaired) electrons. The van der Waals surface area contributed by atoms with Gasteiger partial charge in [-0.15, -0.1) is 0 Å². The standard InChI is InChI=1S/C42H43N7O8/c1-23-33(56-2)19-26(39(52)46-29-12-11-24-9-10-25(18-28(24)29)31-22-48-16-4-8-35(48)45-31)20-34(23)57-17-5-15-43-37(51)21-44-30-7-3-6-27-38(30)42(55)49(41(27)54)32-13-14-36(50)47-40(32)53/h3,6-7,9-10,18-20,22,29,32,44H,4-5,8,11-17,21H2,1-2H3,(H,43,51)(H,46,52)(H,47,50,53)/t29-,32?/m1/s1. The van der Waals surface area contributed by atoms with Gasteiger partial charge in [0.1, 0.15) is 23.4 Å². The van der Waals surface area contributed by atoms with Gasteiger partial charge in [0.05, 0.1) is 43.1 Å². The number of nitrogens with zero attached hydrogens (tertiary/aromatic N) is 3. The number of ether oxygens (including phenoxy) is 2. The van der Waals surface area contributed by atoms with Crippen molar-refractivity contribution in [3.05, 3.63) is 93.9 Å². The topological polar surface area (TPSA) is 190 Å². The van der Waals surface area contributed by atoms with Gasteiger partial charge < -0.3 is 30.0 Å². The van der Waals surface area contributed by atoms with Gasteiger partial charge in [-0.3, -0.25) is 39.0 Å². The van der Waals surface area contributed by atoms with Gasteiger partial charge in [0.2, 0.25) is 17.7 Å². The van der Waals surface area contributed by atoms with Crippen LogP contribution >= 0.6 is 0 Å². The number of anilines is 1. The molecule has 2 atom stereocenters. The van der Waals surface area contributed by atoms with Gasteiger partial charge in [-0.1, -0.05) is 18.2 Å². The normalized spacial score (nSPS) is 18.2. The van der Waals surface area contributed by atoms with Crippen LogP contribution in [0.2, 0.25) is 0 Å². The molecule has 8 rings (SSSR count). The number of hydrogen-bond acceptors (Lipinski definition) is 10. The number of imidazole rings is 1. The van der Waals surface area contributed by atoms with E-state index < -0.39 is 29.7 Å². The maximum absolute atomic E-state index is 13.7. The van der Waals surface area contributed by atoms with Crippen LogP contribution in [0.1, 0.15) is 91.7 Å². The van der Waals surface area contributed by atoms with Gasteiger partial charge in [-0.2, -0.15) is 0 Å². The number of imide groups is 2. The predicted molar refractivity (Wildman–Crippen MR) is 207 cm³/mol. The van der Waals surface area contributed by atoms with Crippen molar-refractivity contribution in [1.82, 2.24) is 30.4 Å². The summed E-state index contributed by atoms with van der Waals surface area (Å²) in [5.74, 6) is -0.882. The van der Waals surface area contributed by atoms with E-state index in [9.17, 15) is 28.8 Å². The molecule has 4 heterocycles. The molecule has 3 aromatic carbocycles. The summed E-state index contributed by atoms with van der Waals surface area (Å²) in [6.45, 7) is 3.21. The fraction of sp³-hybridized carbons (Fsp3) is 0.357. The molecule has 57 heavy (non-hydrogen) atoms. The zero-order chi connectivity index (χ0) is 39.8. The Morgan fingerprint density at radius 1 is 0.982 bits per heavy atom. The molecule has 1 saturated heterocycles. The van der Waals surface area contributed by atoms with Crippen LogP contribution in [-0.4, -0.2) is 82.7 Å². The molecule has 15 nitrogen and oxygen atoms in total. The number of aromatic nitrogens is 2. The molecule has 1 fully saturated rings. The first-order valence-electron chi connectivity index (χ1n) is 19.3. The first kappa shape index (κ1) is 37.4. The molecule has 4 aliphatic rings. The van der Waals surface area contributed by atoms with Crippen molar-refractivity contribution in [2.45, 2.75) is 70.5 Å². The van der Waals surface area contributed by atoms with E-state index in [2.05, 4.69) is 50.2 Å². The second-order valence-corrected chi connectivity index (χ2v) is 14.7. The van der Waals surface area contributed by atoms with Gasteiger partial charge in [-0.05, 0) is 80.5 Å². The lowest BCUT2D eigenvalue weighted by Crippen LogP contribution is -2.54. The number of fused-ring (bicyclic) bond motifs is 3. The van der Waals surface area contributed by atoms with Crippen molar-refractivity contribution in [3.63, 3.8) is 0 Å². The fourth-order valence-electron chi connectivity index (χ4n) is 8.08. The fourth-order valence-corrected chi connectivity index (χ4v) is 8.08. The van der Waals surface area contributed by atoms with Crippen molar-refractivity contribution >= 4 is 41.1 Å². The van der Waals surface area contributed by atoms with Crippen LogP contribution < -0.4 is 30.7 Å². The van der Waals surface area contributed by atoms with Gasteiger partial charge in [0.15, 0.2) is 0 Å². The molecule has 6 amide bonds. The molecule has 294 valence electrons. The summed E-state index contributed by atoms with van der Waals surface area (Å²) in [4.78, 5) is 82.6. The van der Waals surface area contributed by atoms with Crippen molar-refractivity contribution in [2.24, 2.45) is 0 Å². The molecule has 15 heteroatoms. The molecule has 1 aliphatic carbocycles. The number of carbonyl (C=O) groups is 6. The second-order valence-electron chi connectivity index (χ2n) is 14.7. The van der Waals surface area contributed by atoms with Gasteiger partial charge in [0.25, 0.3) is 17.7 Å². The SMILES string of the molecule is COc1cc(C(=O)N[C@@H]2CCc3ccc(-c4cn5c(n4)CCC5)cc32)cc(OCCCNC(=O)CNc2cccc3c2C(=O)N(C2CCC(=O)NC2=O)C3=O)c1C. The molecule has 0 spiro atoms. The Bertz CT molecular complexity index is 2310. The molecule has 4 N–H and O–H groups in total. The van der Waals surface area contributed by atoms with Crippen molar-refractivity contribution in [3.8, 4) is 22.8 Å². The predicted octanol–water partition coefficient (Wildman–Crippen LogP) is 3.63. The lowest BCUT2D eigenvalue weighted by molar-refractivity contribution is -0.136. The monoisotopic (exact) mass is 773 g/mol. The van der Waals surface area contributed by atoms with E-state index in [4.69, 9.17) is 14.5 Å². The molecule has 0 saturated carbocycles. The Morgan fingerprint density at radius 3 is 2.63 bits per heavy atom. The molecular weight excluding hydrogens is 731 g/mol. The zero-order valence-corrected chi connectivity index (χ0v) is 31.7. The number of piperidine rings is 1. The highest BCUT2D eigenvalue weighted by atomic mass is 16.5. The third-order valence-electron chi connectivity index (χ3n) is 11.1. The van der Waals surface area contributed by atoms with Crippen LogP contribution in [0.4, 0.5) is 5.69 Å². The molecule has 3 aliphatic heterocycles. The summed E-state index contributed by atoms with van der Waals surface area (Å²) in [5.41, 5.74) is 5.96. The second kappa shape index (κ2) is 15.6.